The topological polar surface area (TPSA) is 122 Å². The van der Waals surface area contributed by atoms with Crippen LogP contribution in [0.25, 0.3) is 0 Å². The summed E-state index contributed by atoms with van der Waals surface area (Å²) in [5.74, 6) is -0.709. The maximum Gasteiger partial charge on any atom is 0.299 e. The zero-order valence-electron chi connectivity index (χ0n) is 17.1. The summed E-state index contributed by atoms with van der Waals surface area (Å²) in [7, 11) is 0. The van der Waals surface area contributed by atoms with Crippen LogP contribution >= 0.6 is 11.6 Å². The molecule has 1 saturated heterocycles. The zero-order chi connectivity index (χ0) is 22.7. The second-order valence-corrected chi connectivity index (χ2v) is 7.92. The standard InChI is InChI=1S/C20H22ClN5O5/c1-3-23(12-13(2)21)15-6-4-14(5-7-15)22-20(27)16-10-18(24-8-9-24)19(26(30)31)11-17(16)25(28)29/h4-7,10-11,13H,3,8-9,12H2,1-2H3,(H,22,27). The lowest BCUT2D eigenvalue weighted by Crippen LogP contribution is -2.28. The molecule has 1 N–H and O–H groups in total. The smallest absolute Gasteiger partial charge is 0.299 e. The molecule has 0 aromatic heterocycles. The summed E-state index contributed by atoms with van der Waals surface area (Å²) in [6.07, 6.45) is 0. The third-order valence-electron chi connectivity index (χ3n) is 4.86. The molecule has 0 radical (unpaired) electrons. The van der Waals surface area contributed by atoms with Gasteiger partial charge in [0.2, 0.25) is 0 Å². The summed E-state index contributed by atoms with van der Waals surface area (Å²) in [5, 5.41) is 25.4. The van der Waals surface area contributed by atoms with Crippen molar-refractivity contribution in [3.63, 3.8) is 0 Å². The molecule has 1 fully saturated rings. The monoisotopic (exact) mass is 447 g/mol. The Bertz CT molecular complexity index is 1010. The molecule has 0 saturated carbocycles. The first-order valence-electron chi connectivity index (χ1n) is 9.73. The summed E-state index contributed by atoms with van der Waals surface area (Å²) in [4.78, 5) is 37.9. The van der Waals surface area contributed by atoms with E-state index in [9.17, 15) is 25.0 Å². The number of amides is 1. The molecule has 0 aliphatic carbocycles. The number of nitrogens with zero attached hydrogens (tertiary/aromatic N) is 4. The average molecular weight is 448 g/mol. The number of carbonyl (C=O) groups excluding carboxylic acids is 1. The second kappa shape index (κ2) is 9.17. The lowest BCUT2D eigenvalue weighted by molar-refractivity contribution is -0.393. The lowest BCUT2D eigenvalue weighted by atomic mass is 10.1. The third kappa shape index (κ3) is 5.21. The quantitative estimate of drug-likeness (QED) is 0.266. The van der Waals surface area contributed by atoms with Crippen LogP contribution in [0.5, 0.6) is 0 Å². The Balaban J connectivity index is 1.87. The summed E-state index contributed by atoms with van der Waals surface area (Å²) in [6, 6.07) is 9.09. The Hall–Kier alpha value is -3.40. The van der Waals surface area contributed by atoms with Gasteiger partial charge in [-0.3, -0.25) is 25.0 Å². The van der Waals surface area contributed by atoms with Gasteiger partial charge in [0.05, 0.1) is 15.9 Å². The van der Waals surface area contributed by atoms with Gasteiger partial charge < -0.3 is 15.1 Å². The highest BCUT2D eigenvalue weighted by Crippen LogP contribution is 2.38. The van der Waals surface area contributed by atoms with E-state index in [0.29, 0.717) is 25.3 Å². The number of rotatable bonds is 9. The van der Waals surface area contributed by atoms with Crippen LogP contribution in [0.1, 0.15) is 24.2 Å². The summed E-state index contributed by atoms with van der Waals surface area (Å²) in [6.45, 7) is 6.53. The summed E-state index contributed by atoms with van der Waals surface area (Å²) < 4.78 is 0. The number of benzene rings is 2. The molecule has 10 nitrogen and oxygen atoms in total. The number of nitro benzene ring substituents is 2. The van der Waals surface area contributed by atoms with Crippen molar-refractivity contribution in [1.82, 2.24) is 0 Å². The van der Waals surface area contributed by atoms with Crippen LogP contribution in [0.2, 0.25) is 0 Å². The van der Waals surface area contributed by atoms with Crippen molar-refractivity contribution in [3.8, 4) is 0 Å². The van der Waals surface area contributed by atoms with Crippen LogP contribution in [0.3, 0.4) is 0 Å². The van der Waals surface area contributed by atoms with E-state index in [0.717, 1.165) is 18.3 Å². The number of alkyl halides is 1. The van der Waals surface area contributed by atoms with Gasteiger partial charge in [-0.05, 0) is 44.2 Å². The fraction of sp³-hybridized carbons (Fsp3) is 0.350. The van der Waals surface area contributed by atoms with E-state index < -0.39 is 27.1 Å². The Kier molecular flexibility index (Phi) is 6.59. The third-order valence-corrected chi connectivity index (χ3v) is 5.00. The van der Waals surface area contributed by atoms with Crippen LogP contribution in [0, 0.1) is 20.2 Å². The van der Waals surface area contributed by atoms with Crippen molar-refractivity contribution in [2.24, 2.45) is 0 Å². The highest BCUT2D eigenvalue weighted by atomic mass is 35.5. The highest BCUT2D eigenvalue weighted by Gasteiger charge is 2.33. The number of anilines is 3. The molecule has 11 heteroatoms. The normalized spacial score (nSPS) is 13.5. The minimum atomic E-state index is -0.788. The average Bonchev–Trinajstić information content (AvgIpc) is 3.56. The van der Waals surface area contributed by atoms with Gasteiger partial charge in [0.25, 0.3) is 17.3 Å². The van der Waals surface area contributed by atoms with Gasteiger partial charge in [0.1, 0.15) is 11.3 Å². The Morgan fingerprint density at radius 3 is 2.26 bits per heavy atom. The van der Waals surface area contributed by atoms with Crippen LogP contribution in [-0.2, 0) is 0 Å². The maximum absolute atomic E-state index is 12.8. The minimum Gasteiger partial charge on any atom is -0.370 e. The van der Waals surface area contributed by atoms with Crippen molar-refractivity contribution < 1.29 is 14.6 Å². The van der Waals surface area contributed by atoms with Crippen LogP contribution in [0.4, 0.5) is 28.4 Å². The number of halogens is 1. The second-order valence-electron chi connectivity index (χ2n) is 7.18. The van der Waals surface area contributed by atoms with E-state index in [1.807, 2.05) is 26.0 Å². The number of hydrogen-bond donors (Lipinski definition) is 1. The Labute approximate surface area is 183 Å². The van der Waals surface area contributed by atoms with Gasteiger partial charge in [-0.25, -0.2) is 0 Å². The molecule has 1 unspecified atom stereocenters. The maximum atomic E-state index is 12.8. The molecular formula is C20H22ClN5O5. The Morgan fingerprint density at radius 2 is 1.77 bits per heavy atom. The van der Waals surface area contributed by atoms with Gasteiger partial charge in [-0.2, -0.15) is 0 Å². The molecule has 2 aromatic rings. The molecule has 0 spiro atoms. The Morgan fingerprint density at radius 1 is 1.16 bits per heavy atom. The molecule has 1 atom stereocenters. The predicted octanol–water partition coefficient (Wildman–Crippen LogP) is 4.03. The molecule has 0 bridgehead atoms. The van der Waals surface area contributed by atoms with E-state index in [2.05, 4.69) is 10.2 Å². The van der Waals surface area contributed by atoms with Crippen LogP contribution in [0.15, 0.2) is 36.4 Å². The molecule has 2 aromatic carbocycles. The molecule has 31 heavy (non-hydrogen) atoms. The van der Waals surface area contributed by atoms with Crippen LogP contribution < -0.4 is 15.1 Å². The van der Waals surface area contributed by atoms with Gasteiger partial charge in [0, 0.05) is 42.9 Å². The van der Waals surface area contributed by atoms with Gasteiger partial charge in [-0.15, -0.1) is 11.6 Å². The van der Waals surface area contributed by atoms with Gasteiger partial charge in [-0.1, -0.05) is 0 Å². The van der Waals surface area contributed by atoms with E-state index in [4.69, 9.17) is 11.6 Å². The molecule has 1 aliphatic heterocycles. The number of carbonyl (C=O) groups is 1. The molecule has 3 rings (SSSR count). The molecule has 1 aliphatic rings. The first-order chi connectivity index (χ1) is 14.7. The first kappa shape index (κ1) is 22.3. The summed E-state index contributed by atoms with van der Waals surface area (Å²) in [5.41, 5.74) is 0.346. The van der Waals surface area contributed by atoms with E-state index >= 15 is 0 Å². The highest BCUT2D eigenvalue weighted by molar-refractivity contribution is 6.20. The fourth-order valence-corrected chi connectivity index (χ4v) is 3.43. The van der Waals surface area contributed by atoms with Gasteiger partial charge >= 0.3 is 0 Å². The molecule has 1 heterocycles. The van der Waals surface area contributed by atoms with Crippen molar-refractivity contribution in [2.75, 3.05) is 41.3 Å². The largest absolute Gasteiger partial charge is 0.370 e. The van der Waals surface area contributed by atoms with Crippen molar-refractivity contribution >= 4 is 45.9 Å². The van der Waals surface area contributed by atoms with Gasteiger partial charge in [0.15, 0.2) is 0 Å². The number of nitro groups is 2. The minimum absolute atomic E-state index is 0.0292. The van der Waals surface area contributed by atoms with Crippen molar-refractivity contribution in [1.29, 1.82) is 0 Å². The SMILES string of the molecule is CCN(CC(C)Cl)c1ccc(NC(=O)c2cc(N3CC3)c([N+](=O)[O-])cc2[N+](=O)[O-])cc1. The van der Waals surface area contributed by atoms with Crippen molar-refractivity contribution in [3.05, 3.63) is 62.2 Å². The lowest BCUT2D eigenvalue weighted by Gasteiger charge is -2.24. The van der Waals surface area contributed by atoms with Crippen LogP contribution in [-0.4, -0.2) is 47.3 Å². The predicted molar refractivity (Wildman–Crippen MR) is 120 cm³/mol. The summed E-state index contributed by atoms with van der Waals surface area (Å²) >= 11 is 6.08. The number of nitrogens with one attached hydrogen (secondary N) is 1. The molecule has 1 amide bonds. The number of hydrogen-bond acceptors (Lipinski definition) is 7. The fourth-order valence-electron chi connectivity index (χ4n) is 3.26. The zero-order valence-corrected chi connectivity index (χ0v) is 17.8. The molecule has 164 valence electrons. The first-order valence-corrected chi connectivity index (χ1v) is 10.2. The van der Waals surface area contributed by atoms with Crippen molar-refractivity contribution in [2.45, 2.75) is 19.2 Å². The molecular weight excluding hydrogens is 426 g/mol. The van der Waals surface area contributed by atoms with E-state index in [1.165, 1.54) is 6.07 Å². The van der Waals surface area contributed by atoms with E-state index in [1.54, 1.807) is 17.0 Å². The van der Waals surface area contributed by atoms with E-state index in [-0.39, 0.29) is 16.6 Å².